The van der Waals surface area contributed by atoms with E-state index < -0.39 is 121 Å². The van der Waals surface area contributed by atoms with E-state index in [0.29, 0.717) is 11.1 Å². The molecule has 27 nitrogen and oxygen atoms in total. The number of nitrogens with two attached hydrogens (primary N) is 4. The lowest BCUT2D eigenvalue weighted by atomic mass is 10.0. The highest BCUT2D eigenvalue weighted by molar-refractivity contribution is 5.99. The van der Waals surface area contributed by atoms with Crippen LogP contribution in [0.1, 0.15) is 75.8 Å². The van der Waals surface area contributed by atoms with Crippen LogP contribution in [-0.4, -0.2) is 138 Å². The Morgan fingerprint density at radius 1 is 0.693 bits per heavy atom. The maximum absolute atomic E-state index is 14.5. The predicted octanol–water partition coefficient (Wildman–Crippen LogP) is -4.06. The van der Waals surface area contributed by atoms with Gasteiger partial charge in [0.2, 0.25) is 59.1 Å². The van der Waals surface area contributed by atoms with Crippen molar-refractivity contribution >= 4 is 81.9 Å². The fraction of sp³-hybridized carbons (Fsp3) is 0.458. The molecule has 2 aromatic carbocycles. The van der Waals surface area contributed by atoms with Crippen LogP contribution in [0.15, 0.2) is 60.8 Å². The zero-order chi connectivity index (χ0) is 55.0. The lowest BCUT2D eigenvalue weighted by molar-refractivity contribution is -0.136. The van der Waals surface area contributed by atoms with Gasteiger partial charge in [-0.1, -0.05) is 48.5 Å². The largest absolute Gasteiger partial charge is 0.370 e. The Morgan fingerprint density at radius 2 is 1.28 bits per heavy atom. The van der Waals surface area contributed by atoms with Gasteiger partial charge in [-0.15, -0.1) is 0 Å². The van der Waals surface area contributed by atoms with Gasteiger partial charge >= 0.3 is 0 Å². The van der Waals surface area contributed by atoms with Crippen LogP contribution in [0, 0.1) is 10.8 Å². The van der Waals surface area contributed by atoms with E-state index in [1.807, 2.05) is 18.2 Å². The molecule has 1 aliphatic rings. The highest BCUT2D eigenvalue weighted by atomic mass is 16.2. The van der Waals surface area contributed by atoms with Crippen molar-refractivity contribution in [1.29, 1.82) is 10.8 Å². The van der Waals surface area contributed by atoms with Gasteiger partial charge in [0.15, 0.2) is 11.9 Å². The van der Waals surface area contributed by atoms with Crippen molar-refractivity contribution in [1.82, 2.24) is 58.2 Å². The van der Waals surface area contributed by atoms with Gasteiger partial charge in [0.05, 0.1) is 6.42 Å². The summed E-state index contributed by atoms with van der Waals surface area (Å²) >= 11 is 0. The van der Waals surface area contributed by atoms with Gasteiger partial charge in [-0.2, -0.15) is 0 Å². The first kappa shape index (κ1) is 58.8. The zero-order valence-corrected chi connectivity index (χ0v) is 41.6. The van der Waals surface area contributed by atoms with Crippen molar-refractivity contribution in [2.75, 3.05) is 19.6 Å². The average Bonchev–Trinajstić information content (AvgIpc) is 3.76. The molecule has 406 valence electrons. The third-order valence-corrected chi connectivity index (χ3v) is 11.9. The molecule has 1 fully saturated rings. The summed E-state index contributed by atoms with van der Waals surface area (Å²) in [5.41, 5.74) is 24.1. The van der Waals surface area contributed by atoms with E-state index >= 15 is 0 Å². The lowest BCUT2D eigenvalue weighted by Crippen LogP contribution is -2.61. The first-order chi connectivity index (χ1) is 35.7. The van der Waals surface area contributed by atoms with Crippen molar-refractivity contribution in [3.8, 4) is 0 Å². The van der Waals surface area contributed by atoms with E-state index in [9.17, 15) is 47.9 Å². The van der Waals surface area contributed by atoms with Gasteiger partial charge in [0, 0.05) is 62.9 Å². The highest BCUT2D eigenvalue weighted by Crippen LogP contribution is 2.20. The maximum atomic E-state index is 14.5. The van der Waals surface area contributed by atoms with Crippen LogP contribution < -0.4 is 76.1 Å². The molecule has 0 saturated carbocycles. The van der Waals surface area contributed by atoms with Crippen LogP contribution >= 0.6 is 0 Å². The molecule has 27 heteroatoms. The lowest BCUT2D eigenvalue weighted by Gasteiger charge is -2.28. The topological polar surface area (TPSA) is 459 Å². The van der Waals surface area contributed by atoms with Crippen LogP contribution in [0.5, 0.6) is 0 Å². The number of fused-ring (bicyclic) bond motifs is 1. The molecule has 1 saturated heterocycles. The maximum Gasteiger partial charge on any atom is 0.243 e. The number of carbonyl (C=O) groups excluding carboxylic acids is 10. The van der Waals surface area contributed by atoms with E-state index in [4.69, 9.17) is 33.8 Å². The molecule has 0 radical (unpaired) electrons. The standard InChI is InChI=1S/C48H69N17O10/c1-26(66)59-32(15-8-20-56-47(51)52)41(70)62-34-17-18-39(68)55-19-7-14-31(40(50)69)60-45(74)36(23-28-25-58-30-13-6-5-12-29(28)30)64-42(71)33(16-9-21-57-48(53)54)61-44(73)35(22-27-10-3-2-4-11-27)63-46(75)37(24-38(49)67)65-43(34)72/h2-6,10-13,25,31-37,58H,7-9,14-24H2,1H3,(H2,49,67)(H2,50,69)(H,55,68)(H,59,66)(H,60,74)(H,61,73)(H,62,70)(H,63,75)(H,64,71)(H,65,72)(H4,51,52,56)(H4,53,54,57)/t31?,32-,33-,34?,35?,36-,37-/m0/s1. The Kier molecular flexibility index (Phi) is 23.3. The summed E-state index contributed by atoms with van der Waals surface area (Å²) in [5.74, 6) is -9.45. The molecule has 0 bridgehead atoms. The predicted molar refractivity (Wildman–Crippen MR) is 274 cm³/mol. The van der Waals surface area contributed by atoms with Gasteiger partial charge in [-0.3, -0.25) is 58.8 Å². The monoisotopic (exact) mass is 1040 g/mol. The van der Waals surface area contributed by atoms with Gasteiger partial charge in [-0.05, 0) is 62.1 Å². The zero-order valence-electron chi connectivity index (χ0n) is 41.6. The van der Waals surface area contributed by atoms with Crippen molar-refractivity contribution in [3.63, 3.8) is 0 Å². The number of hydrogen-bond acceptors (Lipinski definition) is 12. The number of guanidine groups is 2. The van der Waals surface area contributed by atoms with E-state index in [0.717, 1.165) is 10.9 Å². The molecule has 7 atom stereocenters. The number of rotatable bonds is 18. The first-order valence-electron chi connectivity index (χ1n) is 24.4. The smallest absolute Gasteiger partial charge is 0.243 e. The Labute approximate surface area is 432 Å². The van der Waals surface area contributed by atoms with E-state index in [1.165, 1.54) is 6.92 Å². The molecule has 0 spiro atoms. The molecule has 3 unspecified atom stereocenters. The summed E-state index contributed by atoms with van der Waals surface area (Å²) in [5, 5.41) is 41.6. The molecule has 4 rings (SSSR count). The Balaban J connectivity index is 1.77. The summed E-state index contributed by atoms with van der Waals surface area (Å²) in [4.78, 5) is 139. The van der Waals surface area contributed by atoms with Gasteiger partial charge in [0.1, 0.15) is 42.3 Å². The third-order valence-electron chi connectivity index (χ3n) is 11.9. The number of benzene rings is 2. The molecule has 2 heterocycles. The second kappa shape index (κ2) is 29.7. The minimum atomic E-state index is -1.78. The van der Waals surface area contributed by atoms with Crippen molar-refractivity contribution in [2.24, 2.45) is 22.9 Å². The van der Waals surface area contributed by atoms with Crippen LogP contribution in [0.4, 0.5) is 0 Å². The number of nitrogens with one attached hydrogen (secondary N) is 13. The van der Waals surface area contributed by atoms with Gasteiger partial charge in [0.25, 0.3) is 0 Å². The number of hydrogen-bond donors (Lipinski definition) is 17. The van der Waals surface area contributed by atoms with Crippen LogP contribution in [-0.2, 0) is 60.8 Å². The van der Waals surface area contributed by atoms with Crippen molar-refractivity contribution in [3.05, 3.63) is 71.9 Å². The Hall–Kier alpha value is -8.78. The van der Waals surface area contributed by atoms with E-state index in [-0.39, 0.29) is 82.9 Å². The molecule has 10 amide bonds. The van der Waals surface area contributed by atoms with Gasteiger partial charge in [-0.25, -0.2) is 0 Å². The minimum Gasteiger partial charge on any atom is -0.370 e. The highest BCUT2D eigenvalue weighted by Gasteiger charge is 2.35. The Bertz CT molecular complexity index is 2540. The molecule has 1 aliphatic heterocycles. The van der Waals surface area contributed by atoms with E-state index in [1.54, 1.807) is 42.6 Å². The van der Waals surface area contributed by atoms with Gasteiger partial charge < -0.3 is 81.1 Å². The van der Waals surface area contributed by atoms with Crippen LogP contribution in [0.25, 0.3) is 10.9 Å². The number of aromatic nitrogens is 1. The van der Waals surface area contributed by atoms with Crippen LogP contribution in [0.2, 0.25) is 0 Å². The summed E-state index contributed by atoms with van der Waals surface area (Å²) in [7, 11) is 0. The molecule has 21 N–H and O–H groups in total. The van der Waals surface area contributed by atoms with E-state index in [2.05, 4.69) is 58.2 Å². The average molecular weight is 1040 g/mol. The molecular formula is C48H69N17O10. The normalized spacial score (nSPS) is 21.0. The number of primary amides is 2. The molecule has 0 aliphatic carbocycles. The summed E-state index contributed by atoms with van der Waals surface area (Å²) in [6.07, 6.45) is 0.0309. The summed E-state index contributed by atoms with van der Waals surface area (Å²) in [6.45, 7) is 1.35. The fourth-order valence-electron chi connectivity index (χ4n) is 8.13. The first-order valence-corrected chi connectivity index (χ1v) is 24.4. The number of aromatic amines is 1. The fourth-order valence-corrected chi connectivity index (χ4v) is 8.13. The molecule has 1 aromatic heterocycles. The molecular weight excluding hydrogens is 975 g/mol. The summed E-state index contributed by atoms with van der Waals surface area (Å²) < 4.78 is 0. The Morgan fingerprint density at radius 3 is 1.93 bits per heavy atom. The quantitative estimate of drug-likeness (QED) is 0.0328. The number of H-pyrrole nitrogens is 1. The number of carbonyl (C=O) groups is 10. The second-order valence-electron chi connectivity index (χ2n) is 17.9. The molecule has 3 aromatic rings. The summed E-state index contributed by atoms with van der Waals surface area (Å²) in [6, 6.07) is 5.41. The third kappa shape index (κ3) is 20.3. The van der Waals surface area contributed by atoms with Crippen molar-refractivity contribution < 1.29 is 47.9 Å². The second-order valence-corrected chi connectivity index (χ2v) is 17.9. The number of amides is 10. The minimum absolute atomic E-state index is 0.00735. The SMILES string of the molecule is CC(=O)N[C@@H](CCCNC(=N)N)C(=O)NC1CCC(=O)NCCCC(C(N)=O)NC(=O)[C@H](Cc2c[nH]c3ccccc23)NC(=O)[C@H](CCCNC(=N)N)NC(=O)C(Cc2ccccc2)NC(=O)[C@H](CC(N)=O)NC1=O. The molecule has 75 heavy (non-hydrogen) atoms. The number of para-hydroxylation sites is 1. The van der Waals surface area contributed by atoms with Crippen LogP contribution in [0.3, 0.4) is 0 Å². The van der Waals surface area contributed by atoms with Crippen molar-refractivity contribution in [2.45, 2.75) is 120 Å².